The number of thioether (sulfide) groups is 1. The zero-order valence-corrected chi connectivity index (χ0v) is 17.1. The molecule has 1 aliphatic rings. The number of hydrogen-bond acceptors (Lipinski definition) is 5. The number of aromatic nitrogens is 2. The first-order valence-electron chi connectivity index (χ1n) is 9.56. The summed E-state index contributed by atoms with van der Waals surface area (Å²) in [5.41, 5.74) is 7.36. The fraction of sp³-hybridized carbons (Fsp3) is 0.167. The molecule has 144 valence electrons. The molecule has 4 aromatic rings. The number of benzene rings is 3. The number of fused-ring (bicyclic) bond motifs is 3. The Bertz CT molecular complexity index is 1140. The normalized spacial score (nSPS) is 12.6. The predicted octanol–water partition coefficient (Wildman–Crippen LogP) is 6.13. The molecule has 3 aromatic carbocycles. The first-order valence-corrected chi connectivity index (χ1v) is 10.4. The Hall–Kier alpha value is -3.05. The molecule has 1 aliphatic carbocycles. The minimum atomic E-state index is 0.149. The zero-order chi connectivity index (χ0) is 19.8. The van der Waals surface area contributed by atoms with Gasteiger partial charge in [-0.15, -0.1) is 10.2 Å². The van der Waals surface area contributed by atoms with Gasteiger partial charge in [0.25, 0.3) is 11.1 Å². The number of hydrogen-bond donors (Lipinski definition) is 0. The Labute approximate surface area is 173 Å². The van der Waals surface area contributed by atoms with E-state index in [1.54, 1.807) is 11.8 Å². The monoisotopic (exact) mass is 400 g/mol. The van der Waals surface area contributed by atoms with E-state index in [1.165, 1.54) is 22.3 Å². The van der Waals surface area contributed by atoms with Gasteiger partial charge in [-0.1, -0.05) is 72.4 Å². The van der Waals surface area contributed by atoms with E-state index < -0.39 is 0 Å². The first-order chi connectivity index (χ1) is 14.2. The maximum absolute atomic E-state index is 5.89. The van der Waals surface area contributed by atoms with Crippen molar-refractivity contribution in [3.63, 3.8) is 0 Å². The quantitative estimate of drug-likeness (QED) is 0.403. The Morgan fingerprint density at radius 1 is 0.897 bits per heavy atom. The predicted molar refractivity (Wildman–Crippen MR) is 114 cm³/mol. The van der Waals surface area contributed by atoms with Crippen molar-refractivity contribution in [2.24, 2.45) is 0 Å². The van der Waals surface area contributed by atoms with Gasteiger partial charge < -0.3 is 9.15 Å². The highest BCUT2D eigenvalue weighted by molar-refractivity contribution is 7.99. The molecule has 0 radical (unpaired) electrons. The molecule has 0 N–H and O–H groups in total. The van der Waals surface area contributed by atoms with Gasteiger partial charge in [0.2, 0.25) is 0 Å². The fourth-order valence-corrected chi connectivity index (χ4v) is 4.78. The SMILES string of the molecule is Cc1ccc(C)c(OCc2nnc(SC3c4ccccc4-c4ccccc43)o2)c1. The summed E-state index contributed by atoms with van der Waals surface area (Å²) in [5.74, 6) is 1.32. The zero-order valence-electron chi connectivity index (χ0n) is 16.3. The molecule has 0 spiro atoms. The van der Waals surface area contributed by atoms with Crippen LogP contribution in [0.2, 0.25) is 0 Å². The molecule has 0 aliphatic heterocycles. The van der Waals surface area contributed by atoms with Crippen molar-refractivity contribution >= 4 is 11.8 Å². The van der Waals surface area contributed by atoms with Crippen molar-refractivity contribution in [3.8, 4) is 16.9 Å². The van der Waals surface area contributed by atoms with Gasteiger partial charge in [0.15, 0.2) is 6.61 Å². The molecule has 0 bridgehead atoms. The minimum Gasteiger partial charge on any atom is -0.484 e. The smallest absolute Gasteiger partial charge is 0.277 e. The highest BCUT2D eigenvalue weighted by atomic mass is 32.2. The Morgan fingerprint density at radius 3 is 2.31 bits per heavy atom. The molecule has 1 heterocycles. The first kappa shape index (κ1) is 18.0. The maximum atomic E-state index is 5.89. The van der Waals surface area contributed by atoms with Crippen LogP contribution in [0.15, 0.2) is 76.4 Å². The van der Waals surface area contributed by atoms with Crippen LogP contribution in [0, 0.1) is 13.8 Å². The molecular formula is C24H20N2O2S. The molecule has 5 rings (SSSR count). The largest absolute Gasteiger partial charge is 0.484 e. The summed E-state index contributed by atoms with van der Waals surface area (Å²) in [6, 6.07) is 23.2. The van der Waals surface area contributed by atoms with Gasteiger partial charge in [0.05, 0.1) is 5.25 Å². The molecular weight excluding hydrogens is 380 g/mol. The second-order valence-electron chi connectivity index (χ2n) is 7.19. The Kier molecular flexibility index (Phi) is 4.60. The van der Waals surface area contributed by atoms with Gasteiger partial charge in [0.1, 0.15) is 5.75 Å². The summed E-state index contributed by atoms with van der Waals surface area (Å²) < 4.78 is 11.8. The van der Waals surface area contributed by atoms with Crippen molar-refractivity contribution in [2.45, 2.75) is 30.9 Å². The van der Waals surface area contributed by atoms with Crippen molar-refractivity contribution in [3.05, 3.63) is 94.9 Å². The van der Waals surface area contributed by atoms with E-state index in [4.69, 9.17) is 9.15 Å². The summed E-state index contributed by atoms with van der Waals surface area (Å²) in [6.07, 6.45) is 0. The molecule has 0 unspecified atom stereocenters. The summed E-state index contributed by atoms with van der Waals surface area (Å²) in [6.45, 7) is 4.33. The van der Waals surface area contributed by atoms with Crippen LogP contribution in [-0.2, 0) is 6.61 Å². The Morgan fingerprint density at radius 2 is 1.59 bits per heavy atom. The fourth-order valence-electron chi connectivity index (χ4n) is 3.68. The molecule has 0 amide bonds. The lowest BCUT2D eigenvalue weighted by atomic mass is 10.1. The lowest BCUT2D eigenvalue weighted by Gasteiger charge is -2.10. The van der Waals surface area contributed by atoms with E-state index in [-0.39, 0.29) is 11.9 Å². The van der Waals surface area contributed by atoms with Gasteiger partial charge >= 0.3 is 0 Å². The second kappa shape index (κ2) is 7.41. The van der Waals surface area contributed by atoms with Crippen molar-refractivity contribution in [2.75, 3.05) is 0 Å². The average Bonchev–Trinajstić information content (AvgIpc) is 3.32. The standard InChI is InChI=1S/C24H20N2O2S/c1-15-11-12-16(2)21(13-15)27-14-22-25-26-24(28-22)29-23-19-9-5-3-7-17(19)18-8-4-6-10-20(18)23/h3-13,23H,14H2,1-2H3. The number of nitrogens with zero attached hydrogens (tertiary/aromatic N) is 2. The van der Waals surface area contributed by atoms with Gasteiger partial charge in [-0.25, -0.2) is 0 Å². The summed E-state index contributed by atoms with van der Waals surface area (Å²) in [7, 11) is 0. The van der Waals surface area contributed by atoms with Gasteiger partial charge in [-0.3, -0.25) is 0 Å². The Balaban J connectivity index is 1.35. The molecule has 29 heavy (non-hydrogen) atoms. The molecule has 5 heteroatoms. The van der Waals surface area contributed by atoms with Gasteiger partial charge in [-0.05, 0) is 53.3 Å². The van der Waals surface area contributed by atoms with Crippen molar-refractivity contribution in [1.82, 2.24) is 10.2 Å². The van der Waals surface area contributed by atoms with Crippen LogP contribution in [0.25, 0.3) is 11.1 Å². The highest BCUT2D eigenvalue weighted by Gasteiger charge is 2.30. The van der Waals surface area contributed by atoms with Crippen LogP contribution < -0.4 is 4.74 Å². The second-order valence-corrected chi connectivity index (χ2v) is 8.25. The third kappa shape index (κ3) is 3.42. The third-order valence-electron chi connectivity index (χ3n) is 5.14. The van der Waals surface area contributed by atoms with Crippen LogP contribution in [0.1, 0.15) is 33.4 Å². The third-order valence-corrected chi connectivity index (χ3v) is 6.25. The van der Waals surface area contributed by atoms with E-state index in [0.29, 0.717) is 11.1 Å². The topological polar surface area (TPSA) is 48.2 Å². The molecule has 0 saturated heterocycles. The summed E-state index contributed by atoms with van der Waals surface area (Å²) >= 11 is 1.59. The molecule has 1 aromatic heterocycles. The van der Waals surface area contributed by atoms with E-state index >= 15 is 0 Å². The molecule has 0 fully saturated rings. The maximum Gasteiger partial charge on any atom is 0.277 e. The van der Waals surface area contributed by atoms with E-state index in [9.17, 15) is 0 Å². The van der Waals surface area contributed by atoms with E-state index in [0.717, 1.165) is 16.9 Å². The lowest BCUT2D eigenvalue weighted by molar-refractivity contribution is 0.250. The van der Waals surface area contributed by atoms with Crippen LogP contribution in [0.4, 0.5) is 0 Å². The summed E-state index contributed by atoms with van der Waals surface area (Å²) in [4.78, 5) is 0. The highest BCUT2D eigenvalue weighted by Crippen LogP contribution is 2.51. The van der Waals surface area contributed by atoms with Crippen LogP contribution >= 0.6 is 11.8 Å². The van der Waals surface area contributed by atoms with Crippen LogP contribution in [-0.4, -0.2) is 10.2 Å². The number of aryl methyl sites for hydroxylation is 2. The number of ether oxygens (including phenoxy) is 1. The minimum absolute atomic E-state index is 0.149. The summed E-state index contributed by atoms with van der Waals surface area (Å²) in [5, 5.41) is 9.12. The van der Waals surface area contributed by atoms with Crippen molar-refractivity contribution < 1.29 is 9.15 Å². The van der Waals surface area contributed by atoms with Crippen LogP contribution in [0.5, 0.6) is 5.75 Å². The molecule has 4 nitrogen and oxygen atoms in total. The number of rotatable bonds is 5. The van der Waals surface area contributed by atoms with E-state index in [2.05, 4.69) is 70.9 Å². The van der Waals surface area contributed by atoms with Gasteiger partial charge in [0, 0.05) is 0 Å². The van der Waals surface area contributed by atoms with Crippen molar-refractivity contribution in [1.29, 1.82) is 0 Å². The molecule has 0 saturated carbocycles. The van der Waals surface area contributed by atoms with E-state index in [1.807, 2.05) is 19.9 Å². The van der Waals surface area contributed by atoms with Gasteiger partial charge in [-0.2, -0.15) is 0 Å². The molecule has 0 atom stereocenters. The van der Waals surface area contributed by atoms with Crippen LogP contribution in [0.3, 0.4) is 0 Å². The average molecular weight is 401 g/mol. The lowest BCUT2D eigenvalue weighted by Crippen LogP contribution is -1.97.